The minimum absolute atomic E-state index is 0.0794. The molecule has 0 radical (unpaired) electrons. The lowest BCUT2D eigenvalue weighted by Gasteiger charge is -2.21. The first kappa shape index (κ1) is 12.5. The summed E-state index contributed by atoms with van der Waals surface area (Å²) < 4.78 is 0. The van der Waals surface area contributed by atoms with Gasteiger partial charge in [0.15, 0.2) is 0 Å². The number of aliphatic hydroxyl groups excluding tert-OH is 1. The van der Waals surface area contributed by atoms with Gasteiger partial charge in [-0.25, -0.2) is 4.79 Å². The molecule has 1 aromatic rings. The highest BCUT2D eigenvalue weighted by atomic mass is 16.4. The van der Waals surface area contributed by atoms with Gasteiger partial charge in [0.25, 0.3) is 0 Å². The molecule has 2 heterocycles. The number of carbonyl (C=O) groups is 2. The summed E-state index contributed by atoms with van der Waals surface area (Å²) in [6.07, 6.45) is 2.61. The maximum absolute atomic E-state index is 12.0. The monoisotopic (exact) mass is 250 g/mol. The van der Waals surface area contributed by atoms with Crippen molar-refractivity contribution >= 4 is 11.9 Å². The number of pyridine rings is 1. The van der Waals surface area contributed by atoms with E-state index in [1.807, 2.05) is 0 Å². The summed E-state index contributed by atoms with van der Waals surface area (Å²) in [5.41, 5.74) is 0.730. The van der Waals surface area contributed by atoms with Gasteiger partial charge < -0.3 is 15.1 Å². The van der Waals surface area contributed by atoms with Crippen molar-refractivity contribution in [1.82, 2.24) is 9.88 Å². The van der Waals surface area contributed by atoms with Gasteiger partial charge in [-0.15, -0.1) is 0 Å². The zero-order valence-electron chi connectivity index (χ0n) is 9.69. The second kappa shape index (κ2) is 5.14. The van der Waals surface area contributed by atoms with E-state index in [9.17, 15) is 14.7 Å². The lowest BCUT2D eigenvalue weighted by atomic mass is 10.1. The molecule has 2 atom stereocenters. The molecule has 0 bridgehead atoms. The van der Waals surface area contributed by atoms with Crippen LogP contribution in [0.4, 0.5) is 0 Å². The molecular weight excluding hydrogens is 236 g/mol. The Morgan fingerprint density at radius 2 is 2.28 bits per heavy atom. The smallest absolute Gasteiger partial charge is 0.326 e. The van der Waals surface area contributed by atoms with E-state index in [2.05, 4.69) is 4.98 Å². The van der Waals surface area contributed by atoms with Crippen LogP contribution in [-0.4, -0.2) is 50.7 Å². The van der Waals surface area contributed by atoms with Crippen molar-refractivity contribution in [3.05, 3.63) is 30.1 Å². The van der Waals surface area contributed by atoms with E-state index in [0.717, 1.165) is 5.56 Å². The number of carbonyl (C=O) groups excluding carboxylic acids is 1. The molecule has 6 nitrogen and oxygen atoms in total. The summed E-state index contributed by atoms with van der Waals surface area (Å²) in [6, 6.07) is 2.55. The maximum atomic E-state index is 12.0. The van der Waals surface area contributed by atoms with E-state index in [-0.39, 0.29) is 25.3 Å². The third-order valence-corrected chi connectivity index (χ3v) is 2.96. The molecule has 2 rings (SSSR count). The van der Waals surface area contributed by atoms with Gasteiger partial charge in [-0.1, -0.05) is 6.07 Å². The van der Waals surface area contributed by atoms with Gasteiger partial charge in [-0.2, -0.15) is 0 Å². The number of nitrogens with zero attached hydrogens (tertiary/aromatic N) is 2. The van der Waals surface area contributed by atoms with Gasteiger partial charge >= 0.3 is 5.97 Å². The van der Waals surface area contributed by atoms with Crippen molar-refractivity contribution < 1.29 is 19.8 Å². The Morgan fingerprint density at radius 3 is 2.89 bits per heavy atom. The van der Waals surface area contributed by atoms with Crippen molar-refractivity contribution in [1.29, 1.82) is 0 Å². The molecule has 1 fully saturated rings. The van der Waals surface area contributed by atoms with Crippen LogP contribution in [0.1, 0.15) is 12.0 Å². The van der Waals surface area contributed by atoms with Crippen LogP contribution in [0.25, 0.3) is 0 Å². The van der Waals surface area contributed by atoms with Crippen molar-refractivity contribution in [2.45, 2.75) is 25.0 Å². The first-order valence-electron chi connectivity index (χ1n) is 5.67. The van der Waals surface area contributed by atoms with E-state index < -0.39 is 18.1 Å². The summed E-state index contributed by atoms with van der Waals surface area (Å²) in [7, 11) is 0. The molecule has 0 aliphatic carbocycles. The van der Waals surface area contributed by atoms with E-state index in [1.165, 1.54) is 4.90 Å². The van der Waals surface area contributed by atoms with Crippen molar-refractivity contribution in [3.63, 3.8) is 0 Å². The molecule has 96 valence electrons. The number of carboxylic acids is 1. The molecule has 18 heavy (non-hydrogen) atoms. The van der Waals surface area contributed by atoms with Crippen LogP contribution in [0.15, 0.2) is 24.5 Å². The standard InChI is InChI=1S/C12H14N2O4/c15-9-5-10(12(17)18)14(7-9)11(16)4-8-2-1-3-13-6-8/h1-3,6,9-10,15H,4-5,7H2,(H,17,18)/t9-,10-/m1/s1. The number of amides is 1. The fourth-order valence-corrected chi connectivity index (χ4v) is 2.10. The molecule has 0 unspecified atom stereocenters. The third-order valence-electron chi connectivity index (χ3n) is 2.96. The van der Waals surface area contributed by atoms with E-state index >= 15 is 0 Å². The average molecular weight is 250 g/mol. The molecule has 0 spiro atoms. The van der Waals surface area contributed by atoms with Gasteiger partial charge in [-0.3, -0.25) is 9.78 Å². The SMILES string of the molecule is O=C(O)[C@H]1C[C@@H](O)CN1C(=O)Cc1cccnc1. The molecule has 1 amide bonds. The summed E-state index contributed by atoms with van der Waals surface area (Å²) in [4.78, 5) is 28.1. The summed E-state index contributed by atoms with van der Waals surface area (Å²) >= 11 is 0. The Balaban J connectivity index is 2.06. The number of aromatic nitrogens is 1. The van der Waals surface area contributed by atoms with Crippen molar-refractivity contribution in [2.24, 2.45) is 0 Å². The van der Waals surface area contributed by atoms with Crippen LogP contribution in [0.2, 0.25) is 0 Å². The molecule has 6 heteroatoms. The largest absolute Gasteiger partial charge is 0.480 e. The third kappa shape index (κ3) is 2.65. The molecule has 2 N–H and O–H groups in total. The number of aliphatic carboxylic acids is 1. The fraction of sp³-hybridized carbons (Fsp3) is 0.417. The number of rotatable bonds is 3. The lowest BCUT2D eigenvalue weighted by Crippen LogP contribution is -2.41. The van der Waals surface area contributed by atoms with Gasteiger partial charge in [0.1, 0.15) is 6.04 Å². The van der Waals surface area contributed by atoms with E-state index in [4.69, 9.17) is 5.11 Å². The Bertz CT molecular complexity index is 449. The number of aliphatic hydroxyl groups is 1. The second-order valence-corrected chi connectivity index (χ2v) is 4.33. The Labute approximate surface area is 104 Å². The predicted octanol–water partition coefficient (Wildman–Crippen LogP) is -0.330. The highest BCUT2D eigenvalue weighted by molar-refractivity contribution is 5.85. The van der Waals surface area contributed by atoms with E-state index in [0.29, 0.717) is 0 Å². The van der Waals surface area contributed by atoms with Crippen LogP contribution < -0.4 is 0 Å². The summed E-state index contributed by atoms with van der Waals surface area (Å²) in [5.74, 6) is -1.38. The first-order valence-corrected chi connectivity index (χ1v) is 5.67. The van der Waals surface area contributed by atoms with Gasteiger partial charge in [0.05, 0.1) is 12.5 Å². The topological polar surface area (TPSA) is 90.7 Å². The van der Waals surface area contributed by atoms with Crippen LogP contribution in [0.3, 0.4) is 0 Å². The molecule has 1 saturated heterocycles. The maximum Gasteiger partial charge on any atom is 0.326 e. The van der Waals surface area contributed by atoms with Crippen LogP contribution >= 0.6 is 0 Å². The normalized spacial score (nSPS) is 23.1. The quantitative estimate of drug-likeness (QED) is 0.766. The van der Waals surface area contributed by atoms with E-state index in [1.54, 1.807) is 24.5 Å². The van der Waals surface area contributed by atoms with Crippen LogP contribution in [0, 0.1) is 0 Å². The minimum Gasteiger partial charge on any atom is -0.480 e. The number of hydrogen-bond donors (Lipinski definition) is 2. The van der Waals surface area contributed by atoms with Crippen LogP contribution in [-0.2, 0) is 16.0 Å². The fourth-order valence-electron chi connectivity index (χ4n) is 2.10. The van der Waals surface area contributed by atoms with Crippen molar-refractivity contribution in [3.8, 4) is 0 Å². The molecule has 0 aromatic carbocycles. The molecule has 1 aromatic heterocycles. The average Bonchev–Trinajstić information content (AvgIpc) is 2.73. The molecular formula is C12H14N2O4. The molecule has 1 aliphatic heterocycles. The van der Waals surface area contributed by atoms with Crippen LogP contribution in [0.5, 0.6) is 0 Å². The van der Waals surface area contributed by atoms with Crippen molar-refractivity contribution in [2.75, 3.05) is 6.54 Å². The highest BCUT2D eigenvalue weighted by Gasteiger charge is 2.38. The molecule has 0 saturated carbocycles. The number of β-amino-alcohol motifs (C(OH)–C–C–N with tert-alkyl or cyclic N) is 1. The Morgan fingerprint density at radius 1 is 1.50 bits per heavy atom. The number of likely N-dealkylation sites (tertiary alicyclic amines) is 1. The summed E-state index contributed by atoms with van der Waals surface area (Å²) in [5, 5.41) is 18.5. The lowest BCUT2D eigenvalue weighted by molar-refractivity contribution is -0.148. The Hall–Kier alpha value is -1.95. The first-order chi connectivity index (χ1) is 8.58. The number of carboxylic acid groups (broad SMARTS) is 1. The minimum atomic E-state index is -1.08. The highest BCUT2D eigenvalue weighted by Crippen LogP contribution is 2.19. The van der Waals surface area contributed by atoms with Gasteiger partial charge in [0.2, 0.25) is 5.91 Å². The number of hydrogen-bond acceptors (Lipinski definition) is 4. The van der Waals surface area contributed by atoms with Gasteiger partial charge in [0, 0.05) is 25.4 Å². The zero-order valence-corrected chi connectivity index (χ0v) is 9.69. The Kier molecular flexibility index (Phi) is 3.57. The second-order valence-electron chi connectivity index (χ2n) is 4.33. The van der Waals surface area contributed by atoms with Gasteiger partial charge in [-0.05, 0) is 11.6 Å². The predicted molar refractivity (Wildman–Crippen MR) is 61.7 cm³/mol. The zero-order chi connectivity index (χ0) is 13.1. The summed E-state index contributed by atoms with van der Waals surface area (Å²) in [6.45, 7) is 0.0794. The molecule has 1 aliphatic rings.